The number of ketones is 1. The van der Waals surface area contributed by atoms with E-state index in [1.54, 1.807) is 41.8 Å². The molecule has 6 nitrogen and oxygen atoms in total. The van der Waals surface area contributed by atoms with Crippen molar-refractivity contribution in [2.75, 3.05) is 5.32 Å². The number of benzene rings is 2. The van der Waals surface area contributed by atoms with E-state index >= 15 is 0 Å². The fourth-order valence-electron chi connectivity index (χ4n) is 3.16. The Hall–Kier alpha value is -2.81. The van der Waals surface area contributed by atoms with Crippen LogP contribution in [0.5, 0.6) is 0 Å². The summed E-state index contributed by atoms with van der Waals surface area (Å²) in [5.74, 6) is -1.47. The number of fused-ring (bicyclic) bond motifs is 2. The summed E-state index contributed by atoms with van der Waals surface area (Å²) in [6, 6.07) is 14.2. The highest BCUT2D eigenvalue weighted by molar-refractivity contribution is 7.90. The van der Waals surface area contributed by atoms with Crippen LogP contribution in [-0.2, 0) is 20.4 Å². The van der Waals surface area contributed by atoms with Gasteiger partial charge in [0.05, 0.1) is 26.8 Å². The minimum Gasteiger partial charge on any atom is -0.378 e. The van der Waals surface area contributed by atoms with E-state index in [-0.39, 0.29) is 21.9 Å². The lowest BCUT2D eigenvalue weighted by molar-refractivity contribution is -0.124. The molecular weight excluding hydrogens is 398 g/mol. The molecular formula is C20H15NO5S2. The van der Waals surface area contributed by atoms with Crippen LogP contribution >= 0.6 is 11.3 Å². The van der Waals surface area contributed by atoms with Crippen LogP contribution in [0, 0.1) is 0 Å². The van der Waals surface area contributed by atoms with Gasteiger partial charge in [0.25, 0.3) is 5.91 Å². The highest BCUT2D eigenvalue weighted by atomic mass is 32.2. The normalized spacial score (nSPS) is 15.8. The second kappa shape index (κ2) is 6.97. The van der Waals surface area contributed by atoms with Crippen LogP contribution in [0.15, 0.2) is 64.9 Å². The van der Waals surface area contributed by atoms with Crippen molar-refractivity contribution >= 4 is 38.6 Å². The van der Waals surface area contributed by atoms with Crippen molar-refractivity contribution in [3.05, 3.63) is 81.5 Å². The molecule has 0 spiro atoms. The molecule has 0 radical (unpaired) electrons. The van der Waals surface area contributed by atoms with Gasteiger partial charge >= 0.3 is 0 Å². The molecule has 2 N–H and O–H groups in total. The lowest BCUT2D eigenvalue weighted by Gasteiger charge is -2.15. The Kier molecular flexibility index (Phi) is 4.62. The molecule has 8 heteroatoms. The number of hydrogen-bond acceptors (Lipinski definition) is 6. The maximum absolute atomic E-state index is 13.1. The number of sulfone groups is 1. The summed E-state index contributed by atoms with van der Waals surface area (Å²) in [4.78, 5) is 25.8. The van der Waals surface area contributed by atoms with Crippen molar-refractivity contribution in [1.82, 2.24) is 0 Å². The van der Waals surface area contributed by atoms with Crippen LogP contribution < -0.4 is 5.32 Å². The third-order valence-corrected chi connectivity index (χ3v) is 7.17. The average Bonchev–Trinajstić information content (AvgIpc) is 3.11. The largest absolute Gasteiger partial charge is 0.378 e. The van der Waals surface area contributed by atoms with Crippen LogP contribution in [-0.4, -0.2) is 25.2 Å². The summed E-state index contributed by atoms with van der Waals surface area (Å²) < 4.78 is 25.6. The minimum atomic E-state index is -3.75. The van der Waals surface area contributed by atoms with E-state index in [0.717, 1.165) is 0 Å². The smallest absolute Gasteiger partial charge is 0.257 e. The Morgan fingerprint density at radius 1 is 1.07 bits per heavy atom. The first-order valence-corrected chi connectivity index (χ1v) is 10.9. The minimum absolute atomic E-state index is 0.0623. The van der Waals surface area contributed by atoms with Gasteiger partial charge in [-0.1, -0.05) is 36.4 Å². The maximum Gasteiger partial charge on any atom is 0.257 e. The summed E-state index contributed by atoms with van der Waals surface area (Å²) in [5, 5.41) is 14.5. The topological polar surface area (TPSA) is 101 Å². The lowest BCUT2D eigenvalue weighted by Crippen LogP contribution is -2.22. The van der Waals surface area contributed by atoms with Crippen molar-refractivity contribution in [1.29, 1.82) is 0 Å². The zero-order chi connectivity index (χ0) is 19.9. The molecule has 142 valence electrons. The SMILES string of the molecule is O=C1c2sccc2CS(=O)(=O)c2cccc(NC(=O)C(O)c3ccccc3)c21. The van der Waals surface area contributed by atoms with Gasteiger partial charge in [-0.15, -0.1) is 11.3 Å². The van der Waals surface area contributed by atoms with E-state index in [4.69, 9.17) is 0 Å². The van der Waals surface area contributed by atoms with Gasteiger partial charge in [0, 0.05) is 0 Å². The summed E-state index contributed by atoms with van der Waals surface area (Å²) >= 11 is 1.17. The number of thiophene rings is 1. The second-order valence-corrected chi connectivity index (χ2v) is 9.22. The second-order valence-electron chi connectivity index (χ2n) is 6.34. The predicted molar refractivity (Wildman–Crippen MR) is 105 cm³/mol. The highest BCUT2D eigenvalue weighted by Crippen LogP contribution is 2.36. The molecule has 4 rings (SSSR count). The molecule has 0 fully saturated rings. The van der Waals surface area contributed by atoms with Crippen molar-refractivity contribution in [2.45, 2.75) is 16.8 Å². The van der Waals surface area contributed by atoms with Crippen LogP contribution in [0.3, 0.4) is 0 Å². The number of anilines is 1. The molecule has 1 aromatic heterocycles. The number of carbonyl (C=O) groups is 2. The molecule has 1 aliphatic heterocycles. The van der Waals surface area contributed by atoms with Crippen molar-refractivity contribution in [3.63, 3.8) is 0 Å². The first-order valence-electron chi connectivity index (χ1n) is 8.39. The first kappa shape index (κ1) is 18.5. The summed E-state index contributed by atoms with van der Waals surface area (Å²) in [7, 11) is -3.75. The van der Waals surface area contributed by atoms with Gasteiger partial charge in [-0.2, -0.15) is 0 Å². The first-order chi connectivity index (χ1) is 13.4. The van der Waals surface area contributed by atoms with Gasteiger partial charge in [0.1, 0.15) is 0 Å². The monoisotopic (exact) mass is 413 g/mol. The number of hydrogen-bond donors (Lipinski definition) is 2. The molecule has 1 unspecified atom stereocenters. The molecule has 0 saturated carbocycles. The quantitative estimate of drug-likeness (QED) is 0.688. The van der Waals surface area contributed by atoms with Crippen molar-refractivity contribution in [3.8, 4) is 0 Å². The van der Waals surface area contributed by atoms with Gasteiger partial charge in [-0.3, -0.25) is 9.59 Å². The summed E-state index contributed by atoms with van der Waals surface area (Å²) in [6.45, 7) is 0. The number of amides is 1. The molecule has 1 aliphatic rings. The van der Waals surface area contributed by atoms with E-state index in [2.05, 4.69) is 5.32 Å². The van der Waals surface area contributed by atoms with Gasteiger partial charge < -0.3 is 10.4 Å². The molecule has 3 aromatic rings. The molecule has 0 saturated heterocycles. The molecule has 2 heterocycles. The average molecular weight is 413 g/mol. The standard InChI is InChI=1S/C20H15NO5S2/c22-17(12-5-2-1-3-6-12)20(24)21-14-7-4-8-15-16(14)18(23)19-13(9-10-27-19)11-28(15,25)26/h1-10,17,22H,11H2,(H,21,24). The number of rotatable bonds is 3. The van der Waals surface area contributed by atoms with Crippen molar-refractivity contribution < 1.29 is 23.1 Å². The molecule has 1 amide bonds. The fourth-order valence-corrected chi connectivity index (χ4v) is 5.73. The highest BCUT2D eigenvalue weighted by Gasteiger charge is 2.33. The van der Waals surface area contributed by atoms with Gasteiger partial charge in [0.2, 0.25) is 5.78 Å². The molecule has 0 aliphatic carbocycles. The zero-order valence-corrected chi connectivity index (χ0v) is 16.1. The molecule has 2 aromatic carbocycles. The van der Waals surface area contributed by atoms with Crippen LogP contribution in [0.1, 0.15) is 32.5 Å². The van der Waals surface area contributed by atoms with E-state index in [9.17, 15) is 23.1 Å². The van der Waals surface area contributed by atoms with Gasteiger partial charge in [0.15, 0.2) is 15.9 Å². The third-order valence-electron chi connectivity index (χ3n) is 4.51. The van der Waals surface area contributed by atoms with Gasteiger partial charge in [-0.25, -0.2) is 8.42 Å². The van der Waals surface area contributed by atoms with Crippen molar-refractivity contribution in [2.24, 2.45) is 0 Å². The molecule has 1 atom stereocenters. The third kappa shape index (κ3) is 3.15. The Morgan fingerprint density at radius 3 is 2.57 bits per heavy atom. The maximum atomic E-state index is 13.1. The number of nitrogens with one attached hydrogen (secondary N) is 1. The van der Waals surface area contributed by atoms with Crippen LogP contribution in [0.2, 0.25) is 0 Å². The van der Waals surface area contributed by atoms with E-state index < -0.39 is 27.6 Å². The van der Waals surface area contributed by atoms with E-state index in [0.29, 0.717) is 16.0 Å². The van der Waals surface area contributed by atoms with E-state index in [1.807, 2.05) is 0 Å². The Balaban J connectivity index is 1.77. The summed E-state index contributed by atoms with van der Waals surface area (Å²) in [6.07, 6.45) is -1.45. The van der Waals surface area contributed by atoms with Gasteiger partial charge in [-0.05, 0) is 34.7 Å². The lowest BCUT2D eigenvalue weighted by atomic mass is 10.0. The summed E-state index contributed by atoms with van der Waals surface area (Å²) in [5.41, 5.74) is 0.832. The van der Waals surface area contributed by atoms with E-state index in [1.165, 1.54) is 29.5 Å². The molecule has 28 heavy (non-hydrogen) atoms. The van der Waals surface area contributed by atoms with Crippen LogP contribution in [0.25, 0.3) is 0 Å². The molecule has 0 bridgehead atoms. The number of aliphatic hydroxyl groups excluding tert-OH is 1. The Labute approximate surface area is 165 Å². The number of aliphatic hydroxyl groups is 1. The van der Waals surface area contributed by atoms with Crippen LogP contribution in [0.4, 0.5) is 5.69 Å². The zero-order valence-electron chi connectivity index (χ0n) is 14.5. The fraction of sp³-hybridized carbons (Fsp3) is 0.100. The Morgan fingerprint density at radius 2 is 1.82 bits per heavy atom. The predicted octanol–water partition coefficient (Wildman–Crippen LogP) is 2.94. The Bertz CT molecular complexity index is 1180. The number of carbonyl (C=O) groups excluding carboxylic acids is 2.